The summed E-state index contributed by atoms with van der Waals surface area (Å²) >= 11 is 1.13. The summed E-state index contributed by atoms with van der Waals surface area (Å²) in [6.07, 6.45) is 0. The number of carbonyl (C=O) groups excluding carboxylic acids is 1. The Morgan fingerprint density at radius 3 is 3.14 bits per heavy atom. The van der Waals surface area contributed by atoms with Crippen molar-refractivity contribution in [3.63, 3.8) is 0 Å². The standard InChI is InChI=1S/C7H8N4O2S/c1-3-9-5(12)4-14-7-6(8-2)10-13-11-7/h3-4H2,1H3,(H,9,12). The van der Waals surface area contributed by atoms with Crippen LogP contribution >= 0.6 is 11.8 Å². The summed E-state index contributed by atoms with van der Waals surface area (Å²) in [4.78, 5) is 14.1. The number of rotatable bonds is 4. The number of thioether (sulfide) groups is 1. The van der Waals surface area contributed by atoms with Gasteiger partial charge in [-0.25, -0.2) is 0 Å². The Hall–Kier alpha value is -1.55. The smallest absolute Gasteiger partial charge is 0.353 e. The Bertz CT molecular complexity index is 357. The molecule has 0 fully saturated rings. The van der Waals surface area contributed by atoms with Crippen LogP contribution < -0.4 is 5.32 Å². The van der Waals surface area contributed by atoms with Crippen LogP contribution in [0.25, 0.3) is 4.85 Å². The highest BCUT2D eigenvalue weighted by Gasteiger charge is 2.12. The lowest BCUT2D eigenvalue weighted by atomic mass is 10.6. The van der Waals surface area contributed by atoms with E-state index in [9.17, 15) is 4.79 Å². The zero-order valence-corrected chi connectivity index (χ0v) is 8.30. The average molecular weight is 212 g/mol. The van der Waals surface area contributed by atoms with Gasteiger partial charge in [0.25, 0.3) is 0 Å². The second-order valence-corrected chi connectivity index (χ2v) is 3.21. The van der Waals surface area contributed by atoms with E-state index in [1.54, 1.807) is 0 Å². The molecule has 0 bridgehead atoms. The molecule has 0 saturated carbocycles. The highest BCUT2D eigenvalue weighted by Crippen LogP contribution is 2.24. The van der Waals surface area contributed by atoms with Crippen LogP contribution in [0, 0.1) is 6.57 Å². The molecule has 0 aliphatic rings. The summed E-state index contributed by atoms with van der Waals surface area (Å²) in [5.74, 6) is 0.209. The summed E-state index contributed by atoms with van der Waals surface area (Å²) in [6.45, 7) is 9.14. The van der Waals surface area contributed by atoms with Crippen molar-refractivity contribution in [1.82, 2.24) is 15.6 Å². The van der Waals surface area contributed by atoms with E-state index < -0.39 is 0 Å². The summed E-state index contributed by atoms with van der Waals surface area (Å²) in [5.41, 5.74) is 0. The van der Waals surface area contributed by atoms with E-state index in [-0.39, 0.29) is 17.5 Å². The van der Waals surface area contributed by atoms with Crippen LogP contribution in [-0.2, 0) is 4.79 Å². The van der Waals surface area contributed by atoms with Crippen molar-refractivity contribution in [1.29, 1.82) is 0 Å². The highest BCUT2D eigenvalue weighted by molar-refractivity contribution is 8.00. The summed E-state index contributed by atoms with van der Waals surface area (Å²) in [6, 6.07) is 0. The van der Waals surface area contributed by atoms with Crippen LogP contribution in [0.15, 0.2) is 9.65 Å². The van der Waals surface area contributed by atoms with E-state index in [0.29, 0.717) is 11.6 Å². The van der Waals surface area contributed by atoms with E-state index in [1.807, 2.05) is 6.92 Å². The van der Waals surface area contributed by atoms with Gasteiger partial charge in [-0.2, -0.15) is 4.63 Å². The third-order valence-electron chi connectivity index (χ3n) is 1.26. The molecule has 0 unspecified atom stereocenters. The summed E-state index contributed by atoms with van der Waals surface area (Å²) in [5, 5.41) is 9.85. The minimum atomic E-state index is -0.101. The molecule has 1 rings (SSSR count). The van der Waals surface area contributed by atoms with Crippen molar-refractivity contribution in [2.75, 3.05) is 12.3 Å². The molecule has 0 saturated heterocycles. The fraction of sp³-hybridized carbons (Fsp3) is 0.429. The van der Waals surface area contributed by atoms with Crippen LogP contribution in [0.5, 0.6) is 0 Å². The maximum Gasteiger partial charge on any atom is 0.353 e. The predicted molar refractivity (Wildman–Crippen MR) is 50.0 cm³/mol. The first-order valence-corrected chi connectivity index (χ1v) is 4.86. The minimum absolute atomic E-state index is 0.0966. The lowest BCUT2D eigenvalue weighted by Crippen LogP contribution is -2.24. The van der Waals surface area contributed by atoms with Crippen molar-refractivity contribution in [2.24, 2.45) is 0 Å². The molecule has 0 aromatic carbocycles. The average Bonchev–Trinajstić information content (AvgIpc) is 2.62. The molecule has 0 aliphatic carbocycles. The Labute approximate surface area is 84.8 Å². The topological polar surface area (TPSA) is 72.4 Å². The highest BCUT2D eigenvalue weighted by atomic mass is 32.2. The van der Waals surface area contributed by atoms with Crippen molar-refractivity contribution < 1.29 is 9.42 Å². The lowest BCUT2D eigenvalue weighted by Gasteiger charge is -1.98. The number of aromatic nitrogens is 2. The molecule has 1 amide bonds. The third kappa shape index (κ3) is 2.74. The molecule has 0 radical (unpaired) electrons. The Morgan fingerprint density at radius 2 is 2.50 bits per heavy atom. The first-order valence-electron chi connectivity index (χ1n) is 3.87. The molecule has 74 valence electrons. The van der Waals surface area contributed by atoms with Crippen molar-refractivity contribution in [2.45, 2.75) is 11.9 Å². The second kappa shape index (κ2) is 5.24. The van der Waals surface area contributed by atoms with E-state index in [1.165, 1.54) is 0 Å². The number of nitrogens with one attached hydrogen (secondary N) is 1. The lowest BCUT2D eigenvalue weighted by molar-refractivity contribution is -0.118. The zero-order chi connectivity index (χ0) is 10.4. The molecule has 0 aliphatic heterocycles. The first kappa shape index (κ1) is 10.5. The van der Waals surface area contributed by atoms with Gasteiger partial charge < -0.3 is 10.2 Å². The van der Waals surface area contributed by atoms with Gasteiger partial charge >= 0.3 is 5.82 Å². The molecule has 14 heavy (non-hydrogen) atoms. The van der Waals surface area contributed by atoms with Crippen molar-refractivity contribution in [3.05, 3.63) is 11.4 Å². The first-order chi connectivity index (χ1) is 6.77. The van der Waals surface area contributed by atoms with Gasteiger partial charge in [-0.15, -0.1) is 11.8 Å². The zero-order valence-electron chi connectivity index (χ0n) is 7.48. The minimum Gasteiger partial charge on any atom is -0.356 e. The van der Waals surface area contributed by atoms with E-state index in [0.717, 1.165) is 11.8 Å². The number of amides is 1. The molecule has 0 spiro atoms. The van der Waals surface area contributed by atoms with Gasteiger partial charge in [0.05, 0.1) is 5.75 Å². The molecule has 1 N–H and O–H groups in total. The van der Waals surface area contributed by atoms with Gasteiger partial charge in [-0.1, -0.05) is 6.57 Å². The van der Waals surface area contributed by atoms with E-state index >= 15 is 0 Å². The fourth-order valence-electron chi connectivity index (χ4n) is 0.717. The Morgan fingerprint density at radius 1 is 1.71 bits per heavy atom. The summed E-state index contributed by atoms with van der Waals surface area (Å²) < 4.78 is 4.36. The van der Waals surface area contributed by atoms with Crippen LogP contribution in [0.1, 0.15) is 6.92 Å². The maximum absolute atomic E-state index is 11.0. The third-order valence-corrected chi connectivity index (χ3v) is 2.20. The van der Waals surface area contributed by atoms with Gasteiger partial charge in [0.1, 0.15) is 5.16 Å². The van der Waals surface area contributed by atoms with Crippen LogP contribution in [0.4, 0.5) is 5.82 Å². The largest absolute Gasteiger partial charge is 0.356 e. The Kier molecular flexibility index (Phi) is 3.94. The van der Waals surface area contributed by atoms with E-state index in [4.69, 9.17) is 6.57 Å². The second-order valence-electron chi connectivity index (χ2n) is 2.25. The van der Waals surface area contributed by atoms with Gasteiger partial charge in [0.2, 0.25) is 5.91 Å². The van der Waals surface area contributed by atoms with Crippen LogP contribution in [0.3, 0.4) is 0 Å². The monoisotopic (exact) mass is 212 g/mol. The molecular formula is C7H8N4O2S. The predicted octanol–water partition coefficient (Wildman–Crippen LogP) is 0.849. The normalized spacial score (nSPS) is 9.43. The van der Waals surface area contributed by atoms with Gasteiger partial charge in [-0.3, -0.25) is 4.79 Å². The molecule has 0 atom stereocenters. The van der Waals surface area contributed by atoms with Gasteiger partial charge in [0.15, 0.2) is 5.03 Å². The molecular weight excluding hydrogens is 204 g/mol. The molecule has 7 heteroatoms. The van der Waals surface area contributed by atoms with Gasteiger partial charge in [-0.05, 0) is 12.1 Å². The van der Waals surface area contributed by atoms with Crippen LogP contribution in [-0.4, -0.2) is 28.5 Å². The quantitative estimate of drug-likeness (QED) is 0.591. The van der Waals surface area contributed by atoms with Gasteiger partial charge in [0, 0.05) is 6.54 Å². The van der Waals surface area contributed by atoms with Crippen molar-refractivity contribution >= 4 is 23.5 Å². The Balaban J connectivity index is 2.46. The molecule has 1 aromatic heterocycles. The maximum atomic E-state index is 11.0. The van der Waals surface area contributed by atoms with E-state index in [2.05, 4.69) is 25.1 Å². The number of hydrogen-bond donors (Lipinski definition) is 1. The molecule has 1 heterocycles. The SMILES string of the molecule is [C-]#[N+]c1nonc1SCC(=O)NCC. The van der Waals surface area contributed by atoms with Crippen LogP contribution in [0.2, 0.25) is 0 Å². The summed E-state index contributed by atoms with van der Waals surface area (Å²) in [7, 11) is 0. The van der Waals surface area contributed by atoms with Crippen molar-refractivity contribution in [3.8, 4) is 0 Å². The number of hydrogen-bond acceptors (Lipinski definition) is 5. The fourth-order valence-corrected chi connectivity index (χ4v) is 1.39. The molecule has 6 nitrogen and oxygen atoms in total. The molecule has 1 aromatic rings. The number of nitrogens with zero attached hydrogens (tertiary/aromatic N) is 3. The number of carbonyl (C=O) groups is 1.